The molecule has 0 aromatic carbocycles. The minimum atomic E-state index is -0.404. The quantitative estimate of drug-likeness (QED) is 0.535. The maximum absolute atomic E-state index is 13.7. The van der Waals surface area contributed by atoms with E-state index in [2.05, 4.69) is 20.6 Å². The molecule has 1 saturated carbocycles. The summed E-state index contributed by atoms with van der Waals surface area (Å²) in [6.07, 6.45) is 7.81. The van der Waals surface area contributed by atoms with Crippen molar-refractivity contribution in [2.45, 2.75) is 52.1 Å². The molecule has 3 N–H and O–H groups in total. The lowest BCUT2D eigenvalue weighted by Crippen LogP contribution is -2.39. The van der Waals surface area contributed by atoms with E-state index in [4.69, 9.17) is 0 Å². The predicted molar refractivity (Wildman–Crippen MR) is 121 cm³/mol. The lowest BCUT2D eigenvalue weighted by Gasteiger charge is -2.32. The molecule has 8 nitrogen and oxygen atoms in total. The molecule has 33 heavy (non-hydrogen) atoms. The molecule has 3 aromatic heterocycles. The second-order valence-corrected chi connectivity index (χ2v) is 9.15. The smallest absolute Gasteiger partial charge is 0.275 e. The summed E-state index contributed by atoms with van der Waals surface area (Å²) < 4.78 is 15.1. The first-order chi connectivity index (χ1) is 15.9. The van der Waals surface area contributed by atoms with Gasteiger partial charge in [0.25, 0.3) is 5.56 Å². The van der Waals surface area contributed by atoms with Gasteiger partial charge in [-0.3, -0.25) is 14.4 Å². The molecule has 5 rings (SSSR count). The molecule has 2 amide bonds. The number of aromatic amines is 1. The summed E-state index contributed by atoms with van der Waals surface area (Å²) in [6.45, 7) is 1.77. The first kappa shape index (κ1) is 21.4. The number of carbonyl (C=O) groups excluding carboxylic acids is 2. The van der Waals surface area contributed by atoms with E-state index in [1.54, 1.807) is 19.2 Å². The monoisotopic (exact) mass is 451 g/mol. The van der Waals surface area contributed by atoms with Crippen molar-refractivity contribution in [3.05, 3.63) is 57.5 Å². The second-order valence-electron chi connectivity index (χ2n) is 9.15. The third kappa shape index (κ3) is 4.15. The van der Waals surface area contributed by atoms with Crippen LogP contribution in [0.5, 0.6) is 0 Å². The lowest BCUT2D eigenvalue weighted by atomic mass is 9.76. The van der Waals surface area contributed by atoms with E-state index < -0.39 is 5.82 Å². The van der Waals surface area contributed by atoms with Crippen molar-refractivity contribution in [1.29, 1.82) is 0 Å². The summed E-state index contributed by atoms with van der Waals surface area (Å²) in [4.78, 5) is 45.1. The van der Waals surface area contributed by atoms with Gasteiger partial charge in [0.05, 0.1) is 5.39 Å². The van der Waals surface area contributed by atoms with Gasteiger partial charge in [0.1, 0.15) is 23.7 Å². The number of nitrogens with one attached hydrogen (secondary N) is 3. The van der Waals surface area contributed by atoms with Crippen LogP contribution in [0.25, 0.3) is 11.0 Å². The summed E-state index contributed by atoms with van der Waals surface area (Å²) in [5.41, 5.74) is 2.51. The summed E-state index contributed by atoms with van der Waals surface area (Å²) >= 11 is 0. The highest BCUT2D eigenvalue weighted by Gasteiger charge is 2.32. The number of rotatable bonds is 6. The highest BCUT2D eigenvalue weighted by molar-refractivity contribution is 5.95. The van der Waals surface area contributed by atoms with Gasteiger partial charge in [-0.05, 0) is 48.9 Å². The van der Waals surface area contributed by atoms with E-state index in [1.807, 2.05) is 6.07 Å². The van der Waals surface area contributed by atoms with Gasteiger partial charge in [0, 0.05) is 30.6 Å². The normalized spacial score (nSPS) is 18.0. The summed E-state index contributed by atoms with van der Waals surface area (Å²) in [5, 5.41) is 5.91. The van der Waals surface area contributed by atoms with Crippen molar-refractivity contribution in [2.75, 3.05) is 5.32 Å². The number of H-pyrrole nitrogens is 1. The molecular weight excluding hydrogens is 425 g/mol. The Kier molecular flexibility index (Phi) is 5.47. The van der Waals surface area contributed by atoms with Crippen LogP contribution in [0.2, 0.25) is 0 Å². The summed E-state index contributed by atoms with van der Waals surface area (Å²) in [6, 6.07) is 3.52. The zero-order valence-electron chi connectivity index (χ0n) is 18.4. The Labute approximate surface area is 189 Å². The Balaban J connectivity index is 1.27. The fraction of sp³-hybridized carbons (Fsp3) is 0.417. The summed E-state index contributed by atoms with van der Waals surface area (Å²) in [5.74, 6) is -0.362. The van der Waals surface area contributed by atoms with Gasteiger partial charge in [-0.1, -0.05) is 19.3 Å². The zero-order valence-corrected chi connectivity index (χ0v) is 18.4. The minimum Gasteiger partial charge on any atom is -0.350 e. The molecule has 1 unspecified atom stereocenters. The van der Waals surface area contributed by atoms with Crippen LogP contribution in [0, 0.1) is 24.6 Å². The van der Waals surface area contributed by atoms with Gasteiger partial charge in [0.15, 0.2) is 0 Å². The molecule has 1 fully saturated rings. The second kappa shape index (κ2) is 8.46. The number of nitrogens with zero attached hydrogens (tertiary/aromatic N) is 2. The number of aromatic nitrogens is 3. The molecule has 3 aromatic rings. The number of fused-ring (bicyclic) bond motifs is 2. The Morgan fingerprint density at radius 3 is 2.88 bits per heavy atom. The van der Waals surface area contributed by atoms with Crippen LogP contribution in [0.4, 0.5) is 10.1 Å². The van der Waals surface area contributed by atoms with Crippen LogP contribution in [0.3, 0.4) is 0 Å². The van der Waals surface area contributed by atoms with Crippen LogP contribution >= 0.6 is 0 Å². The third-order valence-corrected chi connectivity index (χ3v) is 6.85. The van der Waals surface area contributed by atoms with Gasteiger partial charge >= 0.3 is 0 Å². The number of anilines is 1. The van der Waals surface area contributed by atoms with Crippen LogP contribution in [-0.4, -0.2) is 26.3 Å². The molecule has 0 radical (unpaired) electrons. The van der Waals surface area contributed by atoms with Gasteiger partial charge in [0.2, 0.25) is 11.8 Å². The number of amides is 2. The molecule has 172 valence electrons. The van der Waals surface area contributed by atoms with Gasteiger partial charge in [-0.25, -0.2) is 9.37 Å². The number of halogens is 1. The molecule has 4 heterocycles. The Hall–Kier alpha value is -3.49. The molecule has 2 aliphatic rings. The SMILES string of the molecule is Cc1cc2c(c(=O)n1CC(=O)NCc1cnc3[nH]cc(F)c3c1)NC(=O)C(CC1CCC1)C2. The Morgan fingerprint density at radius 1 is 1.30 bits per heavy atom. The van der Waals surface area contributed by atoms with Crippen LogP contribution in [0.15, 0.2) is 29.3 Å². The maximum Gasteiger partial charge on any atom is 0.275 e. The van der Waals surface area contributed by atoms with Gasteiger partial charge in [-0.15, -0.1) is 0 Å². The standard InChI is InChI=1S/C24H26FN5O3/c1-13-5-16-8-17(6-14-3-2-4-14)23(32)29-21(16)24(33)30(13)12-20(31)26-9-15-7-18-19(25)11-28-22(18)27-10-15/h5,7,10-11,14,17H,2-4,6,8-9,12H2,1H3,(H,26,31)(H,27,28)(H,29,32). The number of carbonyl (C=O) groups is 2. The van der Waals surface area contributed by atoms with E-state index in [0.717, 1.165) is 12.0 Å². The van der Waals surface area contributed by atoms with Gasteiger partial charge < -0.3 is 20.2 Å². The van der Waals surface area contributed by atoms with E-state index in [0.29, 0.717) is 34.6 Å². The fourth-order valence-electron chi connectivity index (χ4n) is 4.74. The van der Waals surface area contributed by atoms with E-state index in [-0.39, 0.29) is 42.1 Å². The van der Waals surface area contributed by atoms with Crippen LogP contribution in [0.1, 0.15) is 42.5 Å². The van der Waals surface area contributed by atoms with Crippen molar-refractivity contribution >= 4 is 28.5 Å². The number of pyridine rings is 2. The van der Waals surface area contributed by atoms with E-state index >= 15 is 0 Å². The van der Waals surface area contributed by atoms with Crippen molar-refractivity contribution in [3.8, 4) is 0 Å². The minimum absolute atomic E-state index is 0.100. The summed E-state index contributed by atoms with van der Waals surface area (Å²) in [7, 11) is 0. The topological polar surface area (TPSA) is 109 Å². The molecule has 1 atom stereocenters. The highest BCUT2D eigenvalue weighted by Crippen LogP contribution is 2.35. The first-order valence-corrected chi connectivity index (χ1v) is 11.3. The lowest BCUT2D eigenvalue weighted by molar-refractivity contribution is -0.122. The van der Waals surface area contributed by atoms with Crippen LogP contribution in [-0.2, 0) is 29.1 Å². The first-order valence-electron chi connectivity index (χ1n) is 11.3. The third-order valence-electron chi connectivity index (χ3n) is 6.85. The van der Waals surface area contributed by atoms with Crippen molar-refractivity contribution < 1.29 is 14.0 Å². The van der Waals surface area contributed by atoms with Crippen molar-refractivity contribution in [3.63, 3.8) is 0 Å². The Morgan fingerprint density at radius 2 is 2.12 bits per heavy atom. The Bertz CT molecular complexity index is 1310. The molecule has 0 saturated heterocycles. The van der Waals surface area contributed by atoms with Crippen molar-refractivity contribution in [1.82, 2.24) is 19.9 Å². The molecule has 9 heteroatoms. The average molecular weight is 452 g/mol. The number of hydrogen-bond donors (Lipinski definition) is 3. The number of hydrogen-bond acceptors (Lipinski definition) is 4. The maximum atomic E-state index is 13.7. The number of aryl methyl sites for hydroxylation is 1. The molecule has 0 bridgehead atoms. The average Bonchev–Trinajstić information content (AvgIpc) is 3.13. The highest BCUT2D eigenvalue weighted by atomic mass is 19.1. The largest absolute Gasteiger partial charge is 0.350 e. The predicted octanol–water partition coefficient (Wildman–Crippen LogP) is 2.79. The van der Waals surface area contributed by atoms with Crippen LogP contribution < -0.4 is 16.2 Å². The zero-order chi connectivity index (χ0) is 23.1. The molecular formula is C24H26FN5O3. The van der Waals surface area contributed by atoms with E-state index in [1.165, 1.54) is 30.0 Å². The molecule has 1 aliphatic carbocycles. The van der Waals surface area contributed by atoms with Gasteiger partial charge in [-0.2, -0.15) is 0 Å². The fourth-order valence-corrected chi connectivity index (χ4v) is 4.74. The van der Waals surface area contributed by atoms with E-state index in [9.17, 15) is 18.8 Å². The molecule has 1 aliphatic heterocycles. The molecule has 0 spiro atoms. The van der Waals surface area contributed by atoms with Crippen molar-refractivity contribution in [2.24, 2.45) is 11.8 Å².